The van der Waals surface area contributed by atoms with Crippen molar-refractivity contribution in [3.63, 3.8) is 0 Å². The first kappa shape index (κ1) is 45.4. The van der Waals surface area contributed by atoms with E-state index in [4.69, 9.17) is 14.2 Å². The maximum absolute atomic E-state index is 14.1. The van der Waals surface area contributed by atoms with Crippen molar-refractivity contribution in [1.82, 2.24) is 10.0 Å². The predicted molar refractivity (Wildman–Crippen MR) is 222 cm³/mol. The lowest BCUT2D eigenvalue weighted by Crippen LogP contribution is -2.42. The molecule has 1 aromatic rings. The Hall–Kier alpha value is -3.32. The SMILES string of the molecule is C=CCOC(=O)C(C#N)=C1Sc2c(OC(=O)C(CC)CCCC)c3c(c(OC(=O)C(CC)CCCC)c2S1)SC(=C1C(=O)N(CCCC)N(CCCC)C1=O)S3. The van der Waals surface area contributed by atoms with E-state index in [-0.39, 0.29) is 33.5 Å². The Morgan fingerprint density at radius 3 is 1.52 bits per heavy atom. The van der Waals surface area contributed by atoms with Crippen LogP contribution in [0.4, 0.5) is 0 Å². The molecule has 2 atom stereocenters. The van der Waals surface area contributed by atoms with Gasteiger partial charge in [-0.2, -0.15) is 5.26 Å². The number of ether oxygens (including phenoxy) is 3. The van der Waals surface area contributed by atoms with Gasteiger partial charge >= 0.3 is 17.9 Å². The molecular weight excluding hydrogens is 791 g/mol. The Kier molecular flexibility index (Phi) is 17.8. The summed E-state index contributed by atoms with van der Waals surface area (Å²) in [7, 11) is 0. The van der Waals surface area contributed by atoms with Crippen LogP contribution in [0.3, 0.4) is 0 Å². The minimum Gasteiger partial charge on any atom is -0.457 e. The fraction of sp³-hybridized carbons (Fsp3) is 0.561. The number of unbranched alkanes of at least 4 members (excludes halogenated alkanes) is 4. The molecule has 0 N–H and O–H groups in total. The molecule has 3 aliphatic rings. The molecule has 2 unspecified atom stereocenters. The van der Waals surface area contributed by atoms with Crippen LogP contribution in [0.2, 0.25) is 0 Å². The molecule has 2 amide bonds. The van der Waals surface area contributed by atoms with E-state index in [1.807, 2.05) is 33.8 Å². The Labute approximate surface area is 348 Å². The normalized spacial score (nSPS) is 15.8. The second-order valence-corrected chi connectivity index (χ2v) is 18.2. The summed E-state index contributed by atoms with van der Waals surface area (Å²) in [5.41, 5.74) is -0.222. The van der Waals surface area contributed by atoms with Crippen LogP contribution in [-0.4, -0.2) is 59.4 Å². The third kappa shape index (κ3) is 10.2. The molecule has 3 heterocycles. The highest BCUT2D eigenvalue weighted by molar-refractivity contribution is 8.26. The van der Waals surface area contributed by atoms with Crippen molar-refractivity contribution < 1.29 is 38.2 Å². The number of carbonyl (C=O) groups is 5. The minimum absolute atomic E-state index is 0.0273. The molecule has 0 aromatic heterocycles. The van der Waals surface area contributed by atoms with Gasteiger partial charge in [0.15, 0.2) is 17.1 Å². The second kappa shape index (κ2) is 22.0. The Balaban J connectivity index is 1.96. The summed E-state index contributed by atoms with van der Waals surface area (Å²) in [6, 6.07) is 1.97. The molecule has 11 nitrogen and oxygen atoms in total. The standard InChI is InChI=1S/C41H53N3O8S4/c1-8-15-19-25(13-6)37(47)51-29-31-32(54-40(53-31)27(24-42)39(49)50-23-12-5)30(52-38(48)26(14-7)20-16-9-2)34-33(29)55-41(56-34)28-35(45)43(21-17-10-3)44(36(28)46)22-18-11-4/h12,25-26H,5,8-11,13-23H2,1-4,6-7H3. The number of nitriles is 1. The summed E-state index contributed by atoms with van der Waals surface area (Å²) in [5, 5.41) is 13.2. The smallest absolute Gasteiger partial charge is 0.350 e. The number of carbonyl (C=O) groups excluding carboxylic acids is 5. The third-order valence-corrected chi connectivity index (χ3v) is 14.8. The molecule has 0 radical (unpaired) electrons. The summed E-state index contributed by atoms with van der Waals surface area (Å²) in [5.74, 6) is -2.95. The van der Waals surface area contributed by atoms with Crippen molar-refractivity contribution in [2.75, 3.05) is 19.7 Å². The average Bonchev–Trinajstić information content (AvgIpc) is 3.88. The molecule has 0 bridgehead atoms. The zero-order chi connectivity index (χ0) is 40.9. The number of esters is 3. The first-order valence-corrected chi connectivity index (χ1v) is 23.0. The first-order valence-electron chi connectivity index (χ1n) is 19.7. The molecule has 304 valence electrons. The predicted octanol–water partition coefficient (Wildman–Crippen LogP) is 10.2. The summed E-state index contributed by atoms with van der Waals surface area (Å²) in [6.07, 6.45) is 10.4. The number of thioether (sulfide) groups is 4. The Bertz CT molecular complexity index is 1700. The van der Waals surface area contributed by atoms with E-state index in [1.54, 1.807) is 0 Å². The first-order chi connectivity index (χ1) is 27.0. The summed E-state index contributed by atoms with van der Waals surface area (Å²) in [6.45, 7) is 16.3. The summed E-state index contributed by atoms with van der Waals surface area (Å²) >= 11 is 4.40. The van der Waals surface area contributed by atoms with Gasteiger partial charge in [-0.05, 0) is 38.5 Å². The Morgan fingerprint density at radius 1 is 0.714 bits per heavy atom. The van der Waals surface area contributed by atoms with Gasteiger partial charge in [-0.15, -0.1) is 0 Å². The number of hydrogen-bond donors (Lipinski definition) is 0. The third-order valence-electron chi connectivity index (χ3n) is 9.58. The second-order valence-electron chi connectivity index (χ2n) is 13.6. The maximum Gasteiger partial charge on any atom is 0.350 e. The minimum atomic E-state index is -0.842. The fourth-order valence-corrected chi connectivity index (χ4v) is 11.6. The van der Waals surface area contributed by atoms with Gasteiger partial charge in [0.05, 0.1) is 39.9 Å². The van der Waals surface area contributed by atoms with Crippen molar-refractivity contribution in [3.05, 3.63) is 32.3 Å². The van der Waals surface area contributed by atoms with E-state index in [2.05, 4.69) is 20.4 Å². The largest absolute Gasteiger partial charge is 0.457 e. The molecule has 0 spiro atoms. The van der Waals surface area contributed by atoms with E-state index in [0.717, 1.165) is 98.4 Å². The van der Waals surface area contributed by atoms with Crippen LogP contribution in [0.1, 0.15) is 119 Å². The molecule has 1 fully saturated rings. The number of hydrazine groups is 1. The van der Waals surface area contributed by atoms with Crippen molar-refractivity contribution in [1.29, 1.82) is 5.26 Å². The van der Waals surface area contributed by atoms with E-state index in [0.29, 0.717) is 62.6 Å². The van der Waals surface area contributed by atoms with Gasteiger partial charge in [0, 0.05) is 13.1 Å². The van der Waals surface area contributed by atoms with Gasteiger partial charge in [-0.3, -0.25) is 19.2 Å². The number of hydrogen-bond acceptors (Lipinski definition) is 13. The van der Waals surface area contributed by atoms with Crippen LogP contribution >= 0.6 is 47.0 Å². The molecular formula is C41H53N3O8S4. The zero-order valence-electron chi connectivity index (χ0n) is 33.3. The maximum atomic E-state index is 14.1. The molecule has 0 saturated carbocycles. The lowest BCUT2D eigenvalue weighted by molar-refractivity contribution is -0.147. The zero-order valence-corrected chi connectivity index (χ0v) is 36.6. The summed E-state index contributed by atoms with van der Waals surface area (Å²) < 4.78 is 18.6. The number of nitrogens with zero attached hydrogens (tertiary/aromatic N) is 3. The lowest BCUT2D eigenvalue weighted by Gasteiger charge is -2.27. The van der Waals surface area contributed by atoms with Gasteiger partial charge in [0.2, 0.25) is 0 Å². The van der Waals surface area contributed by atoms with Crippen LogP contribution in [0.15, 0.2) is 51.9 Å². The van der Waals surface area contributed by atoms with E-state index in [9.17, 15) is 29.2 Å². The van der Waals surface area contributed by atoms with Gasteiger partial charge in [-0.25, -0.2) is 14.8 Å². The van der Waals surface area contributed by atoms with Crippen molar-refractivity contribution >= 4 is 76.8 Å². The van der Waals surface area contributed by atoms with Gasteiger partial charge in [0.25, 0.3) is 11.8 Å². The lowest BCUT2D eigenvalue weighted by atomic mass is 10.00. The van der Waals surface area contributed by atoms with E-state index < -0.39 is 41.6 Å². The van der Waals surface area contributed by atoms with Crippen LogP contribution in [-0.2, 0) is 28.7 Å². The van der Waals surface area contributed by atoms with Gasteiger partial charge < -0.3 is 14.2 Å². The van der Waals surface area contributed by atoms with Crippen LogP contribution in [0, 0.1) is 23.2 Å². The highest BCUT2D eigenvalue weighted by atomic mass is 32.2. The van der Waals surface area contributed by atoms with Crippen LogP contribution in [0.5, 0.6) is 11.5 Å². The molecule has 15 heteroatoms. The van der Waals surface area contributed by atoms with Crippen LogP contribution in [0.25, 0.3) is 0 Å². The van der Waals surface area contributed by atoms with Crippen molar-refractivity contribution in [3.8, 4) is 17.6 Å². The van der Waals surface area contributed by atoms with E-state index in [1.165, 1.54) is 16.1 Å². The number of fused-ring (bicyclic) bond motifs is 2. The summed E-state index contributed by atoms with van der Waals surface area (Å²) in [4.78, 5) is 70.8. The van der Waals surface area contributed by atoms with E-state index >= 15 is 0 Å². The highest BCUT2D eigenvalue weighted by Crippen LogP contribution is 2.69. The molecule has 0 aliphatic carbocycles. The van der Waals surface area contributed by atoms with Crippen LogP contribution < -0.4 is 9.47 Å². The molecule has 4 rings (SSSR count). The Morgan fingerprint density at radius 2 is 1.14 bits per heavy atom. The molecule has 56 heavy (non-hydrogen) atoms. The molecule has 3 aliphatic heterocycles. The number of benzene rings is 1. The average molecular weight is 844 g/mol. The van der Waals surface area contributed by atoms with Crippen molar-refractivity contribution in [2.45, 2.75) is 138 Å². The quantitative estimate of drug-likeness (QED) is 0.0289. The van der Waals surface area contributed by atoms with Gasteiger partial charge in [-0.1, -0.05) is 140 Å². The molecule has 1 saturated heterocycles. The number of rotatable bonds is 21. The van der Waals surface area contributed by atoms with Crippen molar-refractivity contribution in [2.24, 2.45) is 11.8 Å². The molecule has 1 aromatic carbocycles. The highest BCUT2D eigenvalue weighted by Gasteiger charge is 2.47. The fourth-order valence-electron chi connectivity index (χ4n) is 6.22. The monoisotopic (exact) mass is 843 g/mol. The van der Waals surface area contributed by atoms with Gasteiger partial charge in [0.1, 0.15) is 18.2 Å². The topological polar surface area (TPSA) is 143 Å². The number of amides is 2.